The maximum absolute atomic E-state index is 12.9. The van der Waals surface area contributed by atoms with Crippen molar-refractivity contribution >= 4 is 17.4 Å². The Balaban J connectivity index is 2.14. The summed E-state index contributed by atoms with van der Waals surface area (Å²) in [7, 11) is 0. The lowest BCUT2D eigenvalue weighted by atomic mass is 10.2. The van der Waals surface area contributed by atoms with Gasteiger partial charge in [-0.3, -0.25) is 4.79 Å². The van der Waals surface area contributed by atoms with Gasteiger partial charge in [-0.2, -0.15) is 0 Å². The van der Waals surface area contributed by atoms with E-state index in [0.29, 0.717) is 11.3 Å². The van der Waals surface area contributed by atoms with E-state index in [1.54, 1.807) is 18.3 Å². The summed E-state index contributed by atoms with van der Waals surface area (Å²) in [6, 6.07) is 9.18. The molecule has 0 unspecified atom stereocenters. The molecule has 0 bridgehead atoms. The molecule has 23 heavy (non-hydrogen) atoms. The van der Waals surface area contributed by atoms with Crippen LogP contribution in [0.2, 0.25) is 0 Å². The van der Waals surface area contributed by atoms with Crippen LogP contribution in [0.5, 0.6) is 0 Å². The number of amides is 1. The van der Waals surface area contributed by atoms with Crippen LogP contribution in [-0.4, -0.2) is 24.0 Å². The topological polar surface area (TPSA) is 45.2 Å². The number of halogens is 1. The molecule has 0 aliphatic heterocycles. The minimum Gasteiger partial charge on any atom is -0.357 e. The predicted molar refractivity (Wildman–Crippen MR) is 91.4 cm³/mol. The summed E-state index contributed by atoms with van der Waals surface area (Å²) in [5.41, 5.74) is 1.10. The quantitative estimate of drug-likeness (QED) is 0.836. The number of rotatable bonds is 7. The molecule has 0 aliphatic rings. The summed E-state index contributed by atoms with van der Waals surface area (Å²) in [5, 5.41) is 2.76. The fourth-order valence-corrected chi connectivity index (χ4v) is 2.35. The average Bonchev–Trinajstić information content (AvgIpc) is 2.57. The van der Waals surface area contributed by atoms with Gasteiger partial charge in [-0.15, -0.1) is 0 Å². The molecule has 0 spiro atoms. The van der Waals surface area contributed by atoms with Crippen molar-refractivity contribution in [3.63, 3.8) is 0 Å². The number of carbonyl (C=O) groups is 1. The highest BCUT2D eigenvalue weighted by molar-refractivity contribution is 6.04. The molecule has 0 saturated carbocycles. The fourth-order valence-electron chi connectivity index (χ4n) is 2.35. The van der Waals surface area contributed by atoms with Crippen LogP contribution in [0.3, 0.4) is 0 Å². The van der Waals surface area contributed by atoms with Gasteiger partial charge in [0.05, 0.1) is 0 Å². The van der Waals surface area contributed by atoms with Crippen molar-refractivity contribution in [2.75, 3.05) is 23.3 Å². The maximum Gasteiger partial charge on any atom is 0.255 e. The van der Waals surface area contributed by atoms with Crippen molar-refractivity contribution < 1.29 is 9.18 Å². The monoisotopic (exact) mass is 315 g/mol. The Labute approximate surface area is 136 Å². The third-order valence-electron chi connectivity index (χ3n) is 3.42. The normalized spacial score (nSPS) is 10.4. The number of hydrogen-bond acceptors (Lipinski definition) is 3. The summed E-state index contributed by atoms with van der Waals surface area (Å²) in [6.45, 7) is 6.05. The smallest absolute Gasteiger partial charge is 0.255 e. The van der Waals surface area contributed by atoms with Crippen LogP contribution in [0.15, 0.2) is 42.6 Å². The first kappa shape index (κ1) is 16.9. The Kier molecular flexibility index (Phi) is 6.09. The molecule has 122 valence electrons. The minimum atomic E-state index is -0.330. The molecular formula is C18H22FN3O. The van der Waals surface area contributed by atoms with E-state index in [9.17, 15) is 9.18 Å². The van der Waals surface area contributed by atoms with Gasteiger partial charge in [0.15, 0.2) is 0 Å². The van der Waals surface area contributed by atoms with E-state index in [0.717, 1.165) is 31.7 Å². The van der Waals surface area contributed by atoms with Gasteiger partial charge in [-0.25, -0.2) is 9.37 Å². The van der Waals surface area contributed by atoms with Crippen LogP contribution in [0.25, 0.3) is 0 Å². The van der Waals surface area contributed by atoms with E-state index < -0.39 is 0 Å². The van der Waals surface area contributed by atoms with E-state index >= 15 is 0 Å². The number of nitrogens with one attached hydrogen (secondary N) is 1. The number of hydrogen-bond donors (Lipinski definition) is 1. The van der Waals surface area contributed by atoms with Crippen LogP contribution in [0, 0.1) is 5.82 Å². The van der Waals surface area contributed by atoms with Crippen molar-refractivity contribution in [3.8, 4) is 0 Å². The zero-order valence-electron chi connectivity index (χ0n) is 13.6. The van der Waals surface area contributed by atoms with Gasteiger partial charge in [0.2, 0.25) is 0 Å². The summed E-state index contributed by atoms with van der Waals surface area (Å²) in [5.74, 6) is 0.248. The van der Waals surface area contributed by atoms with E-state index in [4.69, 9.17) is 0 Å². The highest BCUT2D eigenvalue weighted by Gasteiger charge is 2.11. The molecule has 0 aliphatic carbocycles. The summed E-state index contributed by atoms with van der Waals surface area (Å²) < 4.78 is 12.9. The van der Waals surface area contributed by atoms with E-state index in [-0.39, 0.29) is 11.7 Å². The first-order valence-electron chi connectivity index (χ1n) is 7.92. The Morgan fingerprint density at radius 3 is 2.39 bits per heavy atom. The van der Waals surface area contributed by atoms with E-state index in [2.05, 4.69) is 29.0 Å². The third-order valence-corrected chi connectivity index (χ3v) is 3.42. The number of benzene rings is 1. The van der Waals surface area contributed by atoms with Gasteiger partial charge in [0.25, 0.3) is 5.91 Å². The standard InChI is InChI=1S/C18H22FN3O/c1-3-11-22(12-4-2)17-13-14(9-10-20-17)18(23)21-16-7-5-15(19)6-8-16/h5-10,13H,3-4,11-12H2,1-2H3,(H,21,23). The van der Waals surface area contributed by atoms with Gasteiger partial charge in [0.1, 0.15) is 11.6 Å². The lowest BCUT2D eigenvalue weighted by Gasteiger charge is -2.22. The first-order valence-corrected chi connectivity index (χ1v) is 7.92. The summed E-state index contributed by atoms with van der Waals surface area (Å²) in [4.78, 5) is 18.9. The van der Waals surface area contributed by atoms with Gasteiger partial charge in [-0.05, 0) is 49.2 Å². The lowest BCUT2D eigenvalue weighted by Crippen LogP contribution is -2.26. The molecule has 1 amide bonds. The SMILES string of the molecule is CCCN(CCC)c1cc(C(=O)Nc2ccc(F)cc2)ccn1. The maximum atomic E-state index is 12.9. The van der Waals surface area contributed by atoms with Gasteiger partial charge < -0.3 is 10.2 Å². The summed E-state index contributed by atoms with van der Waals surface area (Å²) >= 11 is 0. The molecule has 1 aromatic heterocycles. The zero-order valence-corrected chi connectivity index (χ0v) is 13.6. The van der Waals surface area contributed by atoms with Gasteiger partial charge in [0, 0.05) is 30.5 Å². The number of nitrogens with zero attached hydrogens (tertiary/aromatic N) is 2. The van der Waals surface area contributed by atoms with Crippen molar-refractivity contribution in [2.45, 2.75) is 26.7 Å². The lowest BCUT2D eigenvalue weighted by molar-refractivity contribution is 0.102. The van der Waals surface area contributed by atoms with Crippen LogP contribution in [0.1, 0.15) is 37.0 Å². The fraction of sp³-hybridized carbons (Fsp3) is 0.333. The van der Waals surface area contributed by atoms with Crippen LogP contribution in [-0.2, 0) is 0 Å². The molecule has 1 N–H and O–H groups in total. The molecule has 5 heteroatoms. The average molecular weight is 315 g/mol. The largest absolute Gasteiger partial charge is 0.357 e. The molecule has 0 radical (unpaired) electrons. The highest BCUT2D eigenvalue weighted by atomic mass is 19.1. The first-order chi connectivity index (χ1) is 11.1. The second kappa shape index (κ2) is 8.27. The molecule has 1 aromatic carbocycles. The molecule has 2 rings (SSSR count). The van der Waals surface area contributed by atoms with E-state index in [1.165, 1.54) is 24.3 Å². The molecule has 2 aromatic rings. The van der Waals surface area contributed by atoms with Crippen molar-refractivity contribution in [3.05, 3.63) is 54.0 Å². The second-order valence-electron chi connectivity index (χ2n) is 5.35. The molecule has 0 saturated heterocycles. The zero-order chi connectivity index (χ0) is 16.7. The van der Waals surface area contributed by atoms with E-state index in [1.807, 2.05) is 0 Å². The predicted octanol–water partition coefficient (Wildman–Crippen LogP) is 4.10. The summed E-state index contributed by atoms with van der Waals surface area (Å²) in [6.07, 6.45) is 3.69. The molecule has 0 atom stereocenters. The Hall–Kier alpha value is -2.43. The Morgan fingerprint density at radius 1 is 1.13 bits per heavy atom. The number of anilines is 2. The third kappa shape index (κ3) is 4.77. The molecule has 1 heterocycles. The van der Waals surface area contributed by atoms with Crippen molar-refractivity contribution in [2.24, 2.45) is 0 Å². The van der Waals surface area contributed by atoms with Crippen molar-refractivity contribution in [1.29, 1.82) is 0 Å². The Morgan fingerprint density at radius 2 is 1.78 bits per heavy atom. The molecular weight excluding hydrogens is 293 g/mol. The number of aromatic nitrogens is 1. The minimum absolute atomic E-state index is 0.229. The van der Waals surface area contributed by atoms with Crippen LogP contribution >= 0.6 is 0 Å². The number of carbonyl (C=O) groups excluding carboxylic acids is 1. The second-order valence-corrected chi connectivity index (χ2v) is 5.35. The molecule has 4 nitrogen and oxygen atoms in total. The number of pyridine rings is 1. The molecule has 0 fully saturated rings. The van der Waals surface area contributed by atoms with Crippen LogP contribution < -0.4 is 10.2 Å². The highest BCUT2D eigenvalue weighted by Crippen LogP contribution is 2.16. The van der Waals surface area contributed by atoms with Crippen molar-refractivity contribution in [1.82, 2.24) is 4.98 Å². The van der Waals surface area contributed by atoms with Crippen LogP contribution in [0.4, 0.5) is 15.9 Å². The van der Waals surface area contributed by atoms with Gasteiger partial charge >= 0.3 is 0 Å². The van der Waals surface area contributed by atoms with Gasteiger partial charge in [-0.1, -0.05) is 13.8 Å². The Bertz CT molecular complexity index is 637.